The number of aryl methyl sites for hydroxylation is 1. The fourth-order valence-corrected chi connectivity index (χ4v) is 2.59. The van der Waals surface area contributed by atoms with Crippen molar-refractivity contribution in [3.63, 3.8) is 0 Å². The van der Waals surface area contributed by atoms with E-state index in [0.717, 1.165) is 30.0 Å². The Hall–Kier alpha value is -1.58. The molecular weight excluding hydrogens is 228 g/mol. The number of hydrogen-bond acceptors (Lipinski definition) is 3. The third-order valence-electron chi connectivity index (χ3n) is 3.66. The van der Waals surface area contributed by atoms with Gasteiger partial charge in [-0.25, -0.2) is 0 Å². The van der Waals surface area contributed by atoms with Gasteiger partial charge in [0.2, 0.25) is 0 Å². The van der Waals surface area contributed by atoms with Gasteiger partial charge < -0.3 is 5.32 Å². The van der Waals surface area contributed by atoms with Crippen LogP contribution in [0.25, 0.3) is 0 Å². The highest BCUT2D eigenvalue weighted by molar-refractivity contribution is 5.54. The van der Waals surface area contributed by atoms with E-state index in [1.165, 1.54) is 12.8 Å². The third kappa shape index (κ3) is 3.22. The zero-order chi connectivity index (χ0) is 13.1. The minimum atomic E-state index is -0.332. The Labute approximate surface area is 108 Å². The second-order valence-corrected chi connectivity index (χ2v) is 5.42. The van der Waals surface area contributed by atoms with Gasteiger partial charge in [0.15, 0.2) is 0 Å². The van der Waals surface area contributed by atoms with Gasteiger partial charge >= 0.3 is 0 Å². The average Bonchev–Trinajstić information content (AvgIpc) is 2.31. The van der Waals surface area contributed by atoms with Gasteiger partial charge in [0.1, 0.15) is 0 Å². The van der Waals surface area contributed by atoms with Gasteiger partial charge in [0.25, 0.3) is 5.69 Å². The van der Waals surface area contributed by atoms with Gasteiger partial charge in [0, 0.05) is 23.9 Å². The van der Waals surface area contributed by atoms with Gasteiger partial charge in [-0.05, 0) is 50.2 Å². The molecule has 1 N–H and O–H groups in total. The van der Waals surface area contributed by atoms with E-state index in [9.17, 15) is 10.1 Å². The summed E-state index contributed by atoms with van der Waals surface area (Å²) in [6, 6.07) is 5.67. The third-order valence-corrected chi connectivity index (χ3v) is 3.66. The summed E-state index contributed by atoms with van der Waals surface area (Å²) in [4.78, 5) is 10.5. The molecule has 1 aromatic rings. The van der Waals surface area contributed by atoms with Crippen LogP contribution in [0.2, 0.25) is 0 Å². The van der Waals surface area contributed by atoms with E-state index in [2.05, 4.69) is 12.2 Å². The van der Waals surface area contributed by atoms with E-state index in [4.69, 9.17) is 0 Å². The number of benzene rings is 1. The molecule has 1 fully saturated rings. The monoisotopic (exact) mass is 248 g/mol. The maximum absolute atomic E-state index is 10.8. The quantitative estimate of drug-likeness (QED) is 0.652. The van der Waals surface area contributed by atoms with Crippen LogP contribution >= 0.6 is 0 Å². The Kier molecular flexibility index (Phi) is 3.84. The van der Waals surface area contributed by atoms with Crippen LogP contribution in [-0.4, -0.2) is 11.0 Å². The predicted octanol–water partition coefficient (Wildman–Crippen LogP) is 3.89. The van der Waals surface area contributed by atoms with Crippen molar-refractivity contribution in [2.24, 2.45) is 5.92 Å². The van der Waals surface area contributed by atoms with Crippen molar-refractivity contribution in [1.29, 1.82) is 0 Å². The summed E-state index contributed by atoms with van der Waals surface area (Å²) >= 11 is 0. The number of non-ortho nitro benzene ring substituents is 1. The summed E-state index contributed by atoms with van der Waals surface area (Å²) < 4.78 is 0. The van der Waals surface area contributed by atoms with Crippen molar-refractivity contribution in [3.8, 4) is 0 Å². The summed E-state index contributed by atoms with van der Waals surface area (Å²) in [5.41, 5.74) is 1.97. The number of nitro benzene ring substituents is 1. The molecule has 4 heteroatoms. The van der Waals surface area contributed by atoms with E-state index in [-0.39, 0.29) is 10.6 Å². The lowest BCUT2D eigenvalue weighted by molar-refractivity contribution is -0.384. The summed E-state index contributed by atoms with van der Waals surface area (Å²) in [5, 5.41) is 14.3. The summed E-state index contributed by atoms with van der Waals surface area (Å²) in [6.07, 6.45) is 4.79. The lowest BCUT2D eigenvalue weighted by Gasteiger charge is -2.27. The molecule has 1 aliphatic carbocycles. The molecule has 0 aliphatic heterocycles. The van der Waals surface area contributed by atoms with Crippen LogP contribution in [0.3, 0.4) is 0 Å². The Balaban J connectivity index is 2.07. The molecule has 2 rings (SSSR count). The zero-order valence-electron chi connectivity index (χ0n) is 11.0. The fraction of sp³-hybridized carbons (Fsp3) is 0.571. The van der Waals surface area contributed by atoms with Crippen LogP contribution in [0.4, 0.5) is 11.4 Å². The second kappa shape index (κ2) is 5.38. The maximum atomic E-state index is 10.8. The van der Waals surface area contributed by atoms with E-state index in [1.54, 1.807) is 12.1 Å². The lowest BCUT2D eigenvalue weighted by Crippen LogP contribution is -2.25. The lowest BCUT2D eigenvalue weighted by atomic mass is 9.87. The Morgan fingerprint density at radius 2 is 1.89 bits per heavy atom. The van der Waals surface area contributed by atoms with Crippen molar-refractivity contribution in [3.05, 3.63) is 33.9 Å². The smallest absolute Gasteiger partial charge is 0.271 e. The highest BCUT2D eigenvalue weighted by Gasteiger charge is 2.18. The molecule has 0 saturated heterocycles. The largest absolute Gasteiger partial charge is 0.382 e. The number of rotatable bonds is 3. The molecule has 0 amide bonds. The second-order valence-electron chi connectivity index (χ2n) is 5.42. The highest BCUT2D eigenvalue weighted by Crippen LogP contribution is 2.27. The van der Waals surface area contributed by atoms with Crippen LogP contribution in [0.5, 0.6) is 0 Å². The van der Waals surface area contributed by atoms with Crippen molar-refractivity contribution in [1.82, 2.24) is 0 Å². The first-order valence-electron chi connectivity index (χ1n) is 6.57. The highest BCUT2D eigenvalue weighted by atomic mass is 16.6. The predicted molar refractivity (Wildman–Crippen MR) is 72.9 cm³/mol. The minimum absolute atomic E-state index is 0.168. The number of nitro groups is 1. The minimum Gasteiger partial charge on any atom is -0.382 e. The van der Waals surface area contributed by atoms with Crippen LogP contribution in [0.15, 0.2) is 18.2 Å². The normalized spacial score (nSPS) is 23.7. The molecule has 0 bridgehead atoms. The molecule has 98 valence electrons. The molecule has 0 aromatic heterocycles. The summed E-state index contributed by atoms with van der Waals surface area (Å²) in [5.74, 6) is 0.815. The van der Waals surface area contributed by atoms with Crippen LogP contribution < -0.4 is 5.32 Å². The van der Waals surface area contributed by atoms with Crippen LogP contribution in [0, 0.1) is 23.0 Å². The Bertz CT molecular complexity index is 437. The molecule has 0 atom stereocenters. The van der Waals surface area contributed by atoms with E-state index in [1.807, 2.05) is 13.0 Å². The molecule has 1 aromatic carbocycles. The SMILES string of the molecule is Cc1cc(NC2CCC(C)CC2)cc([N+](=O)[O-])c1. The van der Waals surface area contributed by atoms with E-state index in [0.29, 0.717) is 6.04 Å². The molecular formula is C14H20N2O2. The first-order chi connectivity index (χ1) is 8.54. The number of nitrogens with one attached hydrogen (secondary N) is 1. The Morgan fingerprint density at radius 1 is 1.22 bits per heavy atom. The van der Waals surface area contributed by atoms with E-state index >= 15 is 0 Å². The molecule has 0 unspecified atom stereocenters. The maximum Gasteiger partial charge on any atom is 0.271 e. The number of hydrogen-bond donors (Lipinski definition) is 1. The van der Waals surface area contributed by atoms with Gasteiger partial charge in [-0.15, -0.1) is 0 Å². The van der Waals surface area contributed by atoms with Gasteiger partial charge in [-0.1, -0.05) is 6.92 Å². The van der Waals surface area contributed by atoms with Crippen LogP contribution in [-0.2, 0) is 0 Å². The fourth-order valence-electron chi connectivity index (χ4n) is 2.59. The van der Waals surface area contributed by atoms with Gasteiger partial charge in [-0.2, -0.15) is 0 Å². The number of anilines is 1. The first-order valence-corrected chi connectivity index (χ1v) is 6.57. The van der Waals surface area contributed by atoms with E-state index < -0.39 is 0 Å². The van der Waals surface area contributed by atoms with Gasteiger partial charge in [0.05, 0.1) is 4.92 Å². The van der Waals surface area contributed by atoms with Gasteiger partial charge in [-0.3, -0.25) is 10.1 Å². The topological polar surface area (TPSA) is 55.2 Å². The molecule has 0 heterocycles. The standard InChI is InChI=1S/C14H20N2O2/c1-10-3-5-12(6-4-10)15-13-7-11(2)8-14(9-13)16(17)18/h7-10,12,15H,3-6H2,1-2H3. The molecule has 0 radical (unpaired) electrons. The van der Waals surface area contributed by atoms with Crippen molar-refractivity contribution in [2.45, 2.75) is 45.6 Å². The first kappa shape index (κ1) is 12.9. The molecule has 4 nitrogen and oxygen atoms in total. The Morgan fingerprint density at radius 3 is 2.50 bits per heavy atom. The summed E-state index contributed by atoms with van der Waals surface area (Å²) in [6.45, 7) is 4.18. The average molecular weight is 248 g/mol. The molecule has 1 aliphatic rings. The summed E-state index contributed by atoms with van der Waals surface area (Å²) in [7, 11) is 0. The van der Waals surface area contributed by atoms with Crippen molar-refractivity contribution < 1.29 is 4.92 Å². The van der Waals surface area contributed by atoms with Crippen molar-refractivity contribution in [2.75, 3.05) is 5.32 Å². The number of nitrogens with zero attached hydrogens (tertiary/aromatic N) is 1. The molecule has 0 spiro atoms. The molecule has 1 saturated carbocycles. The van der Waals surface area contributed by atoms with Crippen molar-refractivity contribution >= 4 is 11.4 Å². The molecule has 18 heavy (non-hydrogen) atoms. The zero-order valence-corrected chi connectivity index (χ0v) is 11.0. The van der Waals surface area contributed by atoms with Crippen LogP contribution in [0.1, 0.15) is 38.2 Å².